The number of aryl methyl sites for hydroxylation is 1. The third-order valence-corrected chi connectivity index (χ3v) is 10.2. The summed E-state index contributed by atoms with van der Waals surface area (Å²) in [6.45, 7) is 15.9. The van der Waals surface area contributed by atoms with Gasteiger partial charge in [-0.1, -0.05) is 114 Å². The van der Waals surface area contributed by atoms with Crippen LogP contribution >= 0.6 is 0 Å². The van der Waals surface area contributed by atoms with Crippen molar-refractivity contribution >= 4 is 38.6 Å². The van der Waals surface area contributed by atoms with E-state index < -0.39 is 0 Å². The molecular weight excluding hydrogens is 579 g/mol. The number of rotatable bonds is 4. The summed E-state index contributed by atoms with van der Waals surface area (Å²) in [6.07, 6.45) is 0. The Morgan fingerprint density at radius 2 is 0.917 bits per heavy atom. The number of anilines is 3. The second kappa shape index (κ2) is 11.0. The first-order chi connectivity index (χ1) is 22.9. The molecule has 7 aromatic carbocycles. The summed E-state index contributed by atoms with van der Waals surface area (Å²) < 4.78 is 0. The molecule has 1 heteroatoms. The van der Waals surface area contributed by atoms with Crippen LogP contribution in [0.15, 0.2) is 133 Å². The van der Waals surface area contributed by atoms with Crippen LogP contribution in [-0.4, -0.2) is 0 Å². The second-order valence-corrected chi connectivity index (χ2v) is 15.6. The fourth-order valence-corrected chi connectivity index (χ4v) is 7.21. The number of para-hydroxylation sites is 1. The van der Waals surface area contributed by atoms with Gasteiger partial charge in [-0.05, 0) is 150 Å². The Morgan fingerprint density at radius 1 is 0.396 bits per heavy atom. The predicted octanol–water partition coefficient (Wildman–Crippen LogP) is 13.7. The molecule has 0 bridgehead atoms. The summed E-state index contributed by atoms with van der Waals surface area (Å²) in [5.74, 6) is 0. The van der Waals surface area contributed by atoms with Crippen molar-refractivity contribution in [2.45, 2.75) is 59.3 Å². The van der Waals surface area contributed by atoms with Crippen LogP contribution in [0.2, 0.25) is 0 Å². The lowest BCUT2D eigenvalue weighted by Crippen LogP contribution is -2.15. The summed E-state index contributed by atoms with van der Waals surface area (Å²) in [6, 6.07) is 50.1. The molecule has 1 aliphatic carbocycles. The van der Waals surface area contributed by atoms with Gasteiger partial charge in [-0.3, -0.25) is 0 Å². The van der Waals surface area contributed by atoms with E-state index >= 15 is 0 Å². The maximum Gasteiger partial charge on any atom is 0.0493 e. The van der Waals surface area contributed by atoms with Gasteiger partial charge in [-0.2, -0.15) is 0 Å². The van der Waals surface area contributed by atoms with E-state index in [1.54, 1.807) is 0 Å². The van der Waals surface area contributed by atoms with E-state index in [-0.39, 0.29) is 10.8 Å². The first kappa shape index (κ1) is 30.2. The highest BCUT2D eigenvalue weighted by Crippen LogP contribution is 2.51. The van der Waals surface area contributed by atoms with Gasteiger partial charge in [0.25, 0.3) is 0 Å². The predicted molar refractivity (Wildman–Crippen MR) is 208 cm³/mol. The van der Waals surface area contributed by atoms with E-state index in [1.165, 1.54) is 83.0 Å². The van der Waals surface area contributed by atoms with Crippen molar-refractivity contribution in [1.82, 2.24) is 0 Å². The zero-order chi connectivity index (χ0) is 33.4. The quantitative estimate of drug-likeness (QED) is 0.189. The third kappa shape index (κ3) is 5.19. The number of fused-ring (bicyclic) bond motifs is 6. The lowest BCUT2D eigenvalue weighted by molar-refractivity contribution is 0.590. The average molecular weight is 622 g/mol. The van der Waals surface area contributed by atoms with Crippen molar-refractivity contribution in [2.24, 2.45) is 0 Å². The molecule has 0 saturated heterocycles. The molecule has 0 N–H and O–H groups in total. The van der Waals surface area contributed by atoms with Gasteiger partial charge in [0.05, 0.1) is 0 Å². The minimum absolute atomic E-state index is 0.0612. The highest BCUT2D eigenvalue weighted by atomic mass is 15.1. The van der Waals surface area contributed by atoms with E-state index in [0.717, 1.165) is 5.69 Å². The molecule has 0 radical (unpaired) electrons. The highest BCUT2D eigenvalue weighted by Gasteiger charge is 2.25. The maximum atomic E-state index is 2.42. The SMILES string of the molecule is Cc1ccc(C(C)(C)C)cc1N(c1ccccc1)c1ccc2cc3c(cc2c1)-c1cc2cc(-c4ccc(C(C)(C)C)cc4)ccc2cc1-3. The van der Waals surface area contributed by atoms with Crippen LogP contribution in [0.25, 0.3) is 54.9 Å². The first-order valence-corrected chi connectivity index (χ1v) is 17.2. The van der Waals surface area contributed by atoms with Crippen molar-refractivity contribution in [2.75, 3.05) is 4.90 Å². The standard InChI is InChI=1S/C47H43N/c1-30-13-19-38(47(5,6)7)29-45(30)48(39-11-9-8-10-12-39)40-22-18-34-26-42-41-25-33-15-14-32(31-16-20-37(21-17-31)46(2,3)4)23-35(33)27-43(41)44(42)28-36(34)24-40/h8-29H,1-7H3. The van der Waals surface area contributed by atoms with Gasteiger partial charge in [0, 0.05) is 17.1 Å². The Labute approximate surface area is 285 Å². The van der Waals surface area contributed by atoms with Crippen LogP contribution in [0.1, 0.15) is 58.2 Å². The van der Waals surface area contributed by atoms with Gasteiger partial charge in [0.1, 0.15) is 0 Å². The molecule has 1 aliphatic rings. The van der Waals surface area contributed by atoms with Crippen molar-refractivity contribution in [3.63, 3.8) is 0 Å². The fourth-order valence-electron chi connectivity index (χ4n) is 7.21. The van der Waals surface area contributed by atoms with Crippen LogP contribution in [0, 0.1) is 6.92 Å². The van der Waals surface area contributed by atoms with E-state index in [0.29, 0.717) is 0 Å². The number of nitrogens with zero attached hydrogens (tertiary/aromatic N) is 1. The second-order valence-electron chi connectivity index (χ2n) is 15.6. The molecule has 8 rings (SSSR count). The fraction of sp³-hybridized carbons (Fsp3) is 0.191. The Kier molecular flexibility index (Phi) is 6.90. The smallest absolute Gasteiger partial charge is 0.0493 e. The monoisotopic (exact) mass is 621 g/mol. The molecule has 7 aromatic rings. The van der Waals surface area contributed by atoms with E-state index in [2.05, 4.69) is 187 Å². The van der Waals surface area contributed by atoms with Crippen LogP contribution in [0.4, 0.5) is 17.1 Å². The molecular formula is C47H43N. The highest BCUT2D eigenvalue weighted by molar-refractivity contribution is 6.12. The van der Waals surface area contributed by atoms with Crippen molar-refractivity contribution < 1.29 is 0 Å². The molecule has 0 amide bonds. The maximum absolute atomic E-state index is 2.42. The summed E-state index contributed by atoms with van der Waals surface area (Å²) >= 11 is 0. The van der Waals surface area contributed by atoms with E-state index in [1.807, 2.05) is 0 Å². The topological polar surface area (TPSA) is 3.24 Å². The van der Waals surface area contributed by atoms with Crippen LogP contribution in [0.5, 0.6) is 0 Å². The van der Waals surface area contributed by atoms with Gasteiger partial charge >= 0.3 is 0 Å². The number of hydrogen-bond donors (Lipinski definition) is 0. The Morgan fingerprint density at radius 3 is 1.52 bits per heavy atom. The largest absolute Gasteiger partial charge is 0.310 e. The van der Waals surface area contributed by atoms with Gasteiger partial charge in [-0.15, -0.1) is 0 Å². The van der Waals surface area contributed by atoms with E-state index in [9.17, 15) is 0 Å². The molecule has 0 saturated carbocycles. The molecule has 0 atom stereocenters. The third-order valence-electron chi connectivity index (χ3n) is 10.2. The van der Waals surface area contributed by atoms with Crippen molar-refractivity contribution in [3.05, 3.63) is 150 Å². The Bertz CT molecular complexity index is 2350. The number of hydrogen-bond acceptors (Lipinski definition) is 1. The zero-order valence-electron chi connectivity index (χ0n) is 29.1. The minimum Gasteiger partial charge on any atom is -0.310 e. The van der Waals surface area contributed by atoms with Gasteiger partial charge in [-0.25, -0.2) is 0 Å². The molecule has 0 heterocycles. The minimum atomic E-state index is 0.0612. The summed E-state index contributed by atoms with van der Waals surface area (Å²) in [7, 11) is 0. The van der Waals surface area contributed by atoms with Crippen LogP contribution < -0.4 is 4.90 Å². The van der Waals surface area contributed by atoms with Crippen LogP contribution in [-0.2, 0) is 10.8 Å². The summed E-state index contributed by atoms with van der Waals surface area (Å²) in [5.41, 5.74) is 15.6. The Hall–Kier alpha value is -5.14. The molecule has 0 spiro atoms. The lowest BCUT2D eigenvalue weighted by atomic mass is 9.77. The normalized spacial score (nSPS) is 12.5. The van der Waals surface area contributed by atoms with Gasteiger partial charge < -0.3 is 4.90 Å². The van der Waals surface area contributed by atoms with Crippen molar-refractivity contribution in [3.8, 4) is 33.4 Å². The molecule has 1 nitrogen and oxygen atoms in total. The van der Waals surface area contributed by atoms with E-state index in [4.69, 9.17) is 0 Å². The molecule has 236 valence electrons. The average Bonchev–Trinajstić information content (AvgIpc) is 3.07. The molecule has 0 aliphatic heterocycles. The molecule has 0 unspecified atom stereocenters. The van der Waals surface area contributed by atoms with Crippen LogP contribution in [0.3, 0.4) is 0 Å². The summed E-state index contributed by atoms with van der Waals surface area (Å²) in [5, 5.41) is 5.10. The lowest BCUT2D eigenvalue weighted by Gasteiger charge is -2.30. The van der Waals surface area contributed by atoms with Crippen molar-refractivity contribution in [1.29, 1.82) is 0 Å². The Balaban J connectivity index is 1.20. The van der Waals surface area contributed by atoms with Gasteiger partial charge in [0.2, 0.25) is 0 Å². The first-order valence-electron chi connectivity index (χ1n) is 17.2. The molecule has 0 aromatic heterocycles. The number of benzene rings is 7. The molecule has 0 fully saturated rings. The molecule has 48 heavy (non-hydrogen) atoms. The summed E-state index contributed by atoms with van der Waals surface area (Å²) in [4.78, 5) is 2.42. The zero-order valence-corrected chi connectivity index (χ0v) is 29.1. The van der Waals surface area contributed by atoms with Gasteiger partial charge in [0.15, 0.2) is 0 Å².